The second-order valence-electron chi connectivity index (χ2n) is 8.59. The number of nitrogens with two attached hydrogens (primary N) is 1. The van der Waals surface area contributed by atoms with Gasteiger partial charge in [0.2, 0.25) is 11.8 Å². The van der Waals surface area contributed by atoms with Gasteiger partial charge in [-0.05, 0) is 29.7 Å². The number of fused-ring (bicyclic) bond motifs is 1. The summed E-state index contributed by atoms with van der Waals surface area (Å²) in [5.41, 5.74) is 7.27. The topological polar surface area (TPSA) is 105 Å². The maximum atomic E-state index is 13.9. The highest BCUT2D eigenvalue weighted by molar-refractivity contribution is 6.05. The van der Waals surface area contributed by atoms with E-state index in [4.69, 9.17) is 5.73 Å². The fraction of sp³-hybridized carbons (Fsp3) is 0.348. The normalized spacial score (nSPS) is 26.0. The predicted octanol–water partition coefficient (Wildman–Crippen LogP) is 2.25. The molecule has 1 aliphatic carbocycles. The lowest BCUT2D eigenvalue weighted by Gasteiger charge is -2.29. The summed E-state index contributed by atoms with van der Waals surface area (Å²) in [6, 6.07) is 11.4. The number of carbonyl (C=O) groups is 3. The number of rotatable bonds is 5. The molecule has 32 heavy (non-hydrogen) atoms. The fourth-order valence-electron chi connectivity index (χ4n) is 4.63. The van der Waals surface area contributed by atoms with E-state index < -0.39 is 29.8 Å². The van der Waals surface area contributed by atoms with Crippen LogP contribution in [0.25, 0.3) is 0 Å². The number of alkyl halides is 2. The van der Waals surface area contributed by atoms with Gasteiger partial charge in [0.05, 0.1) is 0 Å². The van der Waals surface area contributed by atoms with E-state index in [2.05, 4.69) is 10.6 Å². The molecule has 1 saturated carbocycles. The van der Waals surface area contributed by atoms with Crippen molar-refractivity contribution in [2.75, 3.05) is 5.32 Å². The van der Waals surface area contributed by atoms with Gasteiger partial charge in [-0.1, -0.05) is 30.3 Å². The Hall–Kier alpha value is -3.33. The van der Waals surface area contributed by atoms with Crippen molar-refractivity contribution >= 4 is 23.4 Å². The molecule has 2 aromatic rings. The van der Waals surface area contributed by atoms with Gasteiger partial charge in [-0.2, -0.15) is 0 Å². The van der Waals surface area contributed by atoms with Crippen LogP contribution in [0.2, 0.25) is 0 Å². The van der Waals surface area contributed by atoms with Crippen LogP contribution in [0, 0.1) is 0 Å². The Labute approximate surface area is 183 Å². The number of anilines is 1. The molecule has 5 rings (SSSR count). The van der Waals surface area contributed by atoms with Crippen LogP contribution in [0.5, 0.6) is 0 Å². The van der Waals surface area contributed by atoms with E-state index in [1.54, 1.807) is 36.4 Å². The first-order valence-corrected chi connectivity index (χ1v) is 10.5. The molecule has 2 atom stereocenters. The van der Waals surface area contributed by atoms with Crippen LogP contribution in [0.1, 0.15) is 46.3 Å². The number of piperidine rings is 1. The number of nitrogens with zero attached hydrogens (tertiary/aromatic N) is 1. The number of nitrogens with one attached hydrogen (secondary N) is 2. The molecule has 2 unspecified atom stereocenters. The van der Waals surface area contributed by atoms with E-state index in [0.717, 1.165) is 11.1 Å². The summed E-state index contributed by atoms with van der Waals surface area (Å²) in [6.45, 7) is 0.553. The third-order valence-corrected chi connectivity index (χ3v) is 6.58. The molecule has 2 fully saturated rings. The summed E-state index contributed by atoms with van der Waals surface area (Å²) in [4.78, 5) is 38.2. The number of hydrogen-bond donors (Lipinski definition) is 3. The number of amides is 3. The number of imide groups is 1. The molecule has 7 nitrogen and oxygen atoms in total. The third kappa shape index (κ3) is 3.15. The van der Waals surface area contributed by atoms with Gasteiger partial charge in [0.15, 0.2) is 0 Å². The van der Waals surface area contributed by atoms with Gasteiger partial charge >= 0.3 is 0 Å². The molecular formula is C23H22F2N4O3. The second kappa shape index (κ2) is 7.09. The van der Waals surface area contributed by atoms with Crippen molar-refractivity contribution in [3.63, 3.8) is 0 Å². The van der Waals surface area contributed by atoms with Crippen LogP contribution in [-0.4, -0.2) is 34.6 Å². The molecule has 2 aliphatic heterocycles. The summed E-state index contributed by atoms with van der Waals surface area (Å²) in [6.07, 6.45) is 0.0835. The summed E-state index contributed by atoms with van der Waals surface area (Å²) in [7, 11) is 0. The zero-order valence-electron chi connectivity index (χ0n) is 17.2. The molecule has 1 saturated heterocycles. The molecule has 0 radical (unpaired) electrons. The minimum Gasteiger partial charge on any atom is -0.381 e. The highest BCUT2D eigenvalue weighted by atomic mass is 19.3. The Morgan fingerprint density at radius 1 is 1.12 bits per heavy atom. The van der Waals surface area contributed by atoms with Gasteiger partial charge in [-0.3, -0.25) is 19.7 Å². The van der Waals surface area contributed by atoms with E-state index in [1.807, 2.05) is 6.07 Å². The van der Waals surface area contributed by atoms with Crippen LogP contribution < -0.4 is 16.4 Å². The van der Waals surface area contributed by atoms with Gasteiger partial charge in [0, 0.05) is 42.7 Å². The second-order valence-corrected chi connectivity index (χ2v) is 8.59. The SMILES string of the molecule is NC1(c2ccccc2NCc2cccc3c2CN(C2CCC(=O)NC2=O)C3=O)CC1(F)F. The average Bonchev–Trinajstić information content (AvgIpc) is 3.10. The van der Waals surface area contributed by atoms with Crippen molar-refractivity contribution in [2.45, 2.75) is 49.9 Å². The Morgan fingerprint density at radius 2 is 1.88 bits per heavy atom. The number of para-hydroxylation sites is 1. The van der Waals surface area contributed by atoms with Crippen LogP contribution in [-0.2, 0) is 28.2 Å². The summed E-state index contributed by atoms with van der Waals surface area (Å²) in [5, 5.41) is 5.49. The van der Waals surface area contributed by atoms with Gasteiger partial charge in [0.1, 0.15) is 11.6 Å². The van der Waals surface area contributed by atoms with Crippen LogP contribution in [0.3, 0.4) is 0 Å². The summed E-state index contributed by atoms with van der Waals surface area (Å²) < 4.78 is 27.7. The van der Waals surface area contributed by atoms with Crippen molar-refractivity contribution in [1.29, 1.82) is 0 Å². The van der Waals surface area contributed by atoms with Gasteiger partial charge < -0.3 is 16.0 Å². The van der Waals surface area contributed by atoms with Crippen LogP contribution >= 0.6 is 0 Å². The third-order valence-electron chi connectivity index (χ3n) is 6.58. The Kier molecular flexibility index (Phi) is 4.56. The van der Waals surface area contributed by atoms with Crippen molar-refractivity contribution < 1.29 is 23.2 Å². The molecule has 0 bridgehead atoms. The average molecular weight is 440 g/mol. The minimum absolute atomic E-state index is 0.188. The molecular weight excluding hydrogens is 418 g/mol. The highest BCUT2D eigenvalue weighted by Crippen LogP contribution is 2.58. The minimum atomic E-state index is -2.94. The molecule has 3 aliphatic rings. The van der Waals surface area contributed by atoms with E-state index in [1.165, 1.54) is 4.90 Å². The van der Waals surface area contributed by atoms with Gasteiger partial charge in [0.25, 0.3) is 11.8 Å². The zero-order chi connectivity index (χ0) is 22.7. The standard InChI is InChI=1S/C23H22F2N4O3/c24-23(25)12-22(23,26)16-6-1-2-7-17(16)27-10-13-4-3-5-14-15(13)11-29(21(14)32)18-8-9-19(30)28-20(18)31/h1-7,18,27H,8-12,26H2,(H,28,30,31). The van der Waals surface area contributed by atoms with Crippen LogP contribution in [0.15, 0.2) is 42.5 Å². The van der Waals surface area contributed by atoms with E-state index in [0.29, 0.717) is 23.4 Å². The monoisotopic (exact) mass is 440 g/mol. The van der Waals surface area contributed by atoms with Gasteiger partial charge in [-0.15, -0.1) is 0 Å². The molecule has 0 aromatic heterocycles. The molecule has 4 N–H and O–H groups in total. The molecule has 166 valence electrons. The van der Waals surface area contributed by atoms with Crippen molar-refractivity contribution in [1.82, 2.24) is 10.2 Å². The summed E-state index contributed by atoms with van der Waals surface area (Å²) in [5.74, 6) is -3.99. The number of hydrogen-bond acceptors (Lipinski definition) is 5. The van der Waals surface area contributed by atoms with E-state index >= 15 is 0 Å². The first kappa shape index (κ1) is 20.6. The summed E-state index contributed by atoms with van der Waals surface area (Å²) >= 11 is 0. The first-order chi connectivity index (χ1) is 15.2. The lowest BCUT2D eigenvalue weighted by atomic mass is 10.0. The quantitative estimate of drug-likeness (QED) is 0.619. The highest BCUT2D eigenvalue weighted by Gasteiger charge is 2.70. The maximum Gasteiger partial charge on any atom is 0.272 e. The van der Waals surface area contributed by atoms with Crippen molar-refractivity contribution in [3.8, 4) is 0 Å². The largest absolute Gasteiger partial charge is 0.381 e. The molecule has 2 heterocycles. The van der Waals surface area contributed by atoms with Gasteiger partial charge in [-0.25, -0.2) is 8.78 Å². The van der Waals surface area contributed by atoms with Crippen molar-refractivity contribution in [3.05, 3.63) is 64.7 Å². The van der Waals surface area contributed by atoms with Crippen molar-refractivity contribution in [2.24, 2.45) is 5.73 Å². The molecule has 2 aromatic carbocycles. The molecule has 9 heteroatoms. The first-order valence-electron chi connectivity index (χ1n) is 10.5. The predicted molar refractivity (Wildman–Crippen MR) is 112 cm³/mol. The Balaban J connectivity index is 1.37. The lowest BCUT2D eigenvalue weighted by Crippen LogP contribution is -2.52. The molecule has 3 amide bonds. The maximum absolute atomic E-state index is 13.9. The zero-order valence-corrected chi connectivity index (χ0v) is 17.2. The van der Waals surface area contributed by atoms with E-state index in [-0.39, 0.29) is 31.2 Å². The number of halogens is 2. The smallest absolute Gasteiger partial charge is 0.272 e. The Bertz CT molecular complexity index is 1150. The van der Waals surface area contributed by atoms with Crippen LogP contribution in [0.4, 0.5) is 14.5 Å². The number of carbonyl (C=O) groups excluding carboxylic acids is 3. The lowest BCUT2D eigenvalue weighted by molar-refractivity contribution is -0.136. The molecule has 0 spiro atoms. The Morgan fingerprint density at radius 3 is 2.59 bits per heavy atom. The number of benzene rings is 2. The fourth-order valence-corrected chi connectivity index (χ4v) is 4.63. The van der Waals surface area contributed by atoms with E-state index in [9.17, 15) is 23.2 Å².